The lowest BCUT2D eigenvalue weighted by Gasteiger charge is -2.16. The summed E-state index contributed by atoms with van der Waals surface area (Å²) in [6, 6.07) is 17.1. The average Bonchev–Trinajstić information content (AvgIpc) is 2.84. The van der Waals surface area contributed by atoms with E-state index in [-0.39, 0.29) is 18.4 Å². The molecule has 5 nitrogen and oxygen atoms in total. The van der Waals surface area contributed by atoms with Gasteiger partial charge >= 0.3 is 0 Å². The van der Waals surface area contributed by atoms with Crippen molar-refractivity contribution >= 4 is 23.2 Å². The number of rotatable bonds is 5. The second-order valence-electron chi connectivity index (χ2n) is 5.84. The molecule has 1 heterocycles. The highest BCUT2D eigenvalue weighted by Gasteiger charge is 2.31. The van der Waals surface area contributed by atoms with Gasteiger partial charge < -0.3 is 10.2 Å². The first-order chi connectivity index (χ1) is 11.5. The molecule has 0 aromatic heterocycles. The first-order valence-corrected chi connectivity index (χ1v) is 7.70. The van der Waals surface area contributed by atoms with Gasteiger partial charge in [0.15, 0.2) is 0 Å². The monoisotopic (exact) mass is 321 g/mol. The number of anilines is 2. The van der Waals surface area contributed by atoms with E-state index in [1.54, 1.807) is 0 Å². The number of hydrogen-bond acceptors (Lipinski definition) is 4. The van der Waals surface area contributed by atoms with Gasteiger partial charge in [0.2, 0.25) is 0 Å². The van der Waals surface area contributed by atoms with Crippen LogP contribution in [0.1, 0.15) is 5.56 Å². The third-order valence-corrected chi connectivity index (χ3v) is 3.86. The molecule has 24 heavy (non-hydrogen) atoms. The van der Waals surface area contributed by atoms with Crippen molar-refractivity contribution < 1.29 is 9.59 Å². The summed E-state index contributed by atoms with van der Waals surface area (Å²) in [5.41, 5.74) is 3.06. The number of nitrogens with zero attached hydrogens (tertiary/aromatic N) is 2. The molecule has 5 heteroatoms. The predicted molar refractivity (Wildman–Crippen MR) is 94.5 cm³/mol. The molecular weight excluding hydrogens is 302 g/mol. The Morgan fingerprint density at radius 3 is 2.25 bits per heavy atom. The van der Waals surface area contributed by atoms with E-state index < -0.39 is 0 Å². The zero-order valence-electron chi connectivity index (χ0n) is 13.7. The number of imide groups is 1. The zero-order chi connectivity index (χ0) is 17.1. The number of hydrogen-bond donors (Lipinski definition) is 1. The van der Waals surface area contributed by atoms with Gasteiger partial charge in [-0.1, -0.05) is 30.3 Å². The molecule has 0 radical (unpaired) electrons. The minimum Gasteiger partial charge on any atom is -0.378 e. The second-order valence-corrected chi connectivity index (χ2v) is 5.84. The average molecular weight is 321 g/mol. The number of amides is 2. The molecule has 2 aromatic carbocycles. The van der Waals surface area contributed by atoms with Crippen LogP contribution < -0.4 is 10.2 Å². The summed E-state index contributed by atoms with van der Waals surface area (Å²) >= 11 is 0. The molecule has 0 unspecified atom stereocenters. The Bertz CT molecular complexity index is 780. The van der Waals surface area contributed by atoms with Gasteiger partial charge in [-0.15, -0.1) is 0 Å². The van der Waals surface area contributed by atoms with Crippen LogP contribution in [-0.2, 0) is 16.1 Å². The number of carbonyl (C=O) groups is 2. The third kappa shape index (κ3) is 3.30. The van der Waals surface area contributed by atoms with E-state index in [1.807, 2.05) is 73.6 Å². The molecule has 0 saturated carbocycles. The largest absolute Gasteiger partial charge is 0.378 e. The van der Waals surface area contributed by atoms with Gasteiger partial charge in [-0.05, 0) is 29.8 Å². The fraction of sp³-hybridized carbons (Fsp3) is 0.158. The summed E-state index contributed by atoms with van der Waals surface area (Å²) in [5, 5.41) is 3.03. The molecule has 0 atom stereocenters. The van der Waals surface area contributed by atoms with E-state index in [0.29, 0.717) is 5.70 Å². The first-order valence-electron chi connectivity index (χ1n) is 7.70. The minimum atomic E-state index is -0.305. The number of carbonyl (C=O) groups excluding carboxylic acids is 2. The van der Waals surface area contributed by atoms with Gasteiger partial charge in [-0.25, -0.2) is 0 Å². The summed E-state index contributed by atoms with van der Waals surface area (Å²) in [4.78, 5) is 27.8. The van der Waals surface area contributed by atoms with E-state index in [4.69, 9.17) is 0 Å². The highest BCUT2D eigenvalue weighted by atomic mass is 16.2. The van der Waals surface area contributed by atoms with Crippen molar-refractivity contribution in [2.24, 2.45) is 0 Å². The van der Waals surface area contributed by atoms with E-state index in [1.165, 1.54) is 11.0 Å². The Hall–Kier alpha value is -3.08. The van der Waals surface area contributed by atoms with Crippen molar-refractivity contribution in [3.63, 3.8) is 0 Å². The molecule has 0 fully saturated rings. The summed E-state index contributed by atoms with van der Waals surface area (Å²) in [5.74, 6) is -0.600. The maximum atomic E-state index is 12.5. The first kappa shape index (κ1) is 15.8. The Kier molecular flexibility index (Phi) is 4.33. The summed E-state index contributed by atoms with van der Waals surface area (Å²) in [6.07, 6.45) is 1.35. The summed E-state index contributed by atoms with van der Waals surface area (Å²) < 4.78 is 0. The molecular formula is C19H19N3O2. The van der Waals surface area contributed by atoms with Crippen LogP contribution in [0.25, 0.3) is 0 Å². The van der Waals surface area contributed by atoms with Gasteiger partial charge in [-0.2, -0.15) is 0 Å². The molecule has 0 bridgehead atoms. The standard InChI is InChI=1S/C19H19N3O2/c1-21(2)16-10-8-15(9-11-16)20-17-12-18(23)22(19(17)24)13-14-6-4-3-5-7-14/h3-12,20H,13H2,1-2H3. The van der Waals surface area contributed by atoms with Crippen molar-refractivity contribution in [3.8, 4) is 0 Å². The normalized spacial score (nSPS) is 13.9. The van der Waals surface area contributed by atoms with Crippen molar-refractivity contribution in [3.05, 3.63) is 71.9 Å². The predicted octanol–water partition coefficient (Wildman–Crippen LogP) is 2.62. The molecule has 122 valence electrons. The maximum absolute atomic E-state index is 12.5. The molecule has 0 saturated heterocycles. The Balaban J connectivity index is 1.70. The van der Waals surface area contributed by atoms with Crippen molar-refractivity contribution in [2.45, 2.75) is 6.54 Å². The van der Waals surface area contributed by atoms with Crippen molar-refractivity contribution in [1.82, 2.24) is 4.90 Å². The Morgan fingerprint density at radius 1 is 0.958 bits per heavy atom. The zero-order valence-corrected chi connectivity index (χ0v) is 13.7. The van der Waals surface area contributed by atoms with Crippen LogP contribution in [0.5, 0.6) is 0 Å². The molecule has 1 N–H and O–H groups in total. The maximum Gasteiger partial charge on any atom is 0.277 e. The molecule has 1 aliphatic heterocycles. The lowest BCUT2D eigenvalue weighted by molar-refractivity contribution is -0.137. The summed E-state index contributed by atoms with van der Waals surface area (Å²) in [7, 11) is 3.93. The van der Waals surface area contributed by atoms with E-state index in [0.717, 1.165) is 16.9 Å². The molecule has 3 rings (SSSR count). The van der Waals surface area contributed by atoms with Gasteiger partial charge in [0, 0.05) is 31.5 Å². The van der Waals surface area contributed by atoms with Crippen LogP contribution in [0.4, 0.5) is 11.4 Å². The van der Waals surface area contributed by atoms with Crippen LogP contribution in [0.15, 0.2) is 66.4 Å². The lowest BCUT2D eigenvalue weighted by Crippen LogP contribution is -2.31. The Morgan fingerprint density at radius 2 is 1.62 bits per heavy atom. The third-order valence-electron chi connectivity index (χ3n) is 3.86. The fourth-order valence-electron chi connectivity index (χ4n) is 2.51. The van der Waals surface area contributed by atoms with Crippen LogP contribution in [0.2, 0.25) is 0 Å². The number of benzene rings is 2. The van der Waals surface area contributed by atoms with E-state index in [2.05, 4.69) is 5.32 Å². The van der Waals surface area contributed by atoms with Crippen LogP contribution in [0.3, 0.4) is 0 Å². The lowest BCUT2D eigenvalue weighted by atomic mass is 10.2. The van der Waals surface area contributed by atoms with Gasteiger partial charge in [0.25, 0.3) is 11.8 Å². The van der Waals surface area contributed by atoms with Crippen LogP contribution in [0, 0.1) is 0 Å². The highest BCUT2D eigenvalue weighted by Crippen LogP contribution is 2.21. The molecule has 2 amide bonds. The molecule has 0 spiro atoms. The van der Waals surface area contributed by atoms with Crippen LogP contribution in [-0.4, -0.2) is 30.8 Å². The topological polar surface area (TPSA) is 52.7 Å². The molecule has 2 aromatic rings. The SMILES string of the molecule is CN(C)c1ccc(NC2=CC(=O)N(Cc3ccccc3)C2=O)cc1. The van der Waals surface area contributed by atoms with E-state index >= 15 is 0 Å². The van der Waals surface area contributed by atoms with Crippen molar-refractivity contribution in [2.75, 3.05) is 24.3 Å². The van der Waals surface area contributed by atoms with Gasteiger partial charge in [0.05, 0.1) is 6.54 Å². The van der Waals surface area contributed by atoms with Gasteiger partial charge in [0.1, 0.15) is 5.70 Å². The van der Waals surface area contributed by atoms with Crippen molar-refractivity contribution in [1.29, 1.82) is 0 Å². The second kappa shape index (κ2) is 6.58. The van der Waals surface area contributed by atoms with Gasteiger partial charge in [-0.3, -0.25) is 14.5 Å². The van der Waals surface area contributed by atoms with Crippen LogP contribution >= 0.6 is 0 Å². The summed E-state index contributed by atoms with van der Waals surface area (Å²) in [6.45, 7) is 0.278. The quantitative estimate of drug-likeness (QED) is 0.860. The Labute approximate surface area is 141 Å². The smallest absolute Gasteiger partial charge is 0.277 e. The fourth-order valence-corrected chi connectivity index (χ4v) is 2.51. The molecule has 0 aliphatic carbocycles. The van der Waals surface area contributed by atoms with E-state index in [9.17, 15) is 9.59 Å². The number of nitrogens with one attached hydrogen (secondary N) is 1. The molecule has 1 aliphatic rings. The minimum absolute atomic E-state index is 0.278. The highest BCUT2D eigenvalue weighted by molar-refractivity contribution is 6.17.